The number of nitrogens with zero attached hydrogens (tertiary/aromatic N) is 1. The van der Waals surface area contributed by atoms with Crippen molar-refractivity contribution in [1.82, 2.24) is 4.31 Å². The lowest BCUT2D eigenvalue weighted by Crippen LogP contribution is -2.44. The van der Waals surface area contributed by atoms with Crippen LogP contribution in [-0.4, -0.2) is 31.9 Å². The Kier molecular flexibility index (Phi) is 4.83. The van der Waals surface area contributed by atoms with E-state index in [9.17, 15) is 8.42 Å². The Balaban J connectivity index is 2.39. The standard InChI is InChI=1S/C15H24N2O2S/c1-12-6-7-13(2)15(11-12)20(18,19)17-10-4-3-5-14(17)8-9-16/h6-7,11,14H,3-5,8-10,16H2,1-2H3. The van der Waals surface area contributed by atoms with E-state index in [4.69, 9.17) is 5.73 Å². The van der Waals surface area contributed by atoms with E-state index in [1.165, 1.54) is 0 Å². The third-order valence-electron chi connectivity index (χ3n) is 4.00. The molecule has 0 aliphatic carbocycles. The molecule has 1 aliphatic heterocycles. The van der Waals surface area contributed by atoms with Crippen LogP contribution in [0.3, 0.4) is 0 Å². The molecule has 1 aromatic carbocycles. The highest BCUT2D eigenvalue weighted by molar-refractivity contribution is 7.89. The van der Waals surface area contributed by atoms with Crippen LogP contribution in [0.4, 0.5) is 0 Å². The number of nitrogens with two attached hydrogens (primary N) is 1. The fraction of sp³-hybridized carbons (Fsp3) is 0.600. The average Bonchev–Trinajstić information content (AvgIpc) is 2.42. The fourth-order valence-electron chi connectivity index (χ4n) is 2.88. The summed E-state index contributed by atoms with van der Waals surface area (Å²) in [5.41, 5.74) is 7.42. The fourth-order valence-corrected chi connectivity index (χ4v) is 4.92. The zero-order valence-electron chi connectivity index (χ0n) is 12.3. The summed E-state index contributed by atoms with van der Waals surface area (Å²) >= 11 is 0. The number of sulfonamides is 1. The van der Waals surface area contributed by atoms with Gasteiger partial charge in [0.05, 0.1) is 4.90 Å². The summed E-state index contributed by atoms with van der Waals surface area (Å²) in [6.45, 7) is 4.92. The zero-order valence-corrected chi connectivity index (χ0v) is 13.1. The molecule has 1 atom stereocenters. The van der Waals surface area contributed by atoms with E-state index in [0.717, 1.165) is 36.8 Å². The molecule has 1 saturated heterocycles. The van der Waals surface area contributed by atoms with Crippen molar-refractivity contribution in [3.8, 4) is 0 Å². The summed E-state index contributed by atoms with van der Waals surface area (Å²) in [7, 11) is -3.41. The molecule has 0 spiro atoms. The molecular formula is C15H24N2O2S. The van der Waals surface area contributed by atoms with Crippen molar-refractivity contribution in [2.24, 2.45) is 5.73 Å². The smallest absolute Gasteiger partial charge is 0.243 e. The molecule has 112 valence electrons. The highest BCUT2D eigenvalue weighted by Crippen LogP contribution is 2.28. The zero-order chi connectivity index (χ0) is 14.8. The minimum absolute atomic E-state index is 0.0543. The van der Waals surface area contributed by atoms with Crippen LogP contribution >= 0.6 is 0 Å². The molecule has 20 heavy (non-hydrogen) atoms. The normalized spacial score (nSPS) is 21.1. The first-order chi connectivity index (χ1) is 9.46. The molecule has 4 nitrogen and oxygen atoms in total. The Morgan fingerprint density at radius 1 is 1.30 bits per heavy atom. The van der Waals surface area contributed by atoms with Crippen LogP contribution in [0, 0.1) is 13.8 Å². The Morgan fingerprint density at radius 2 is 2.05 bits per heavy atom. The highest BCUT2D eigenvalue weighted by Gasteiger charge is 2.33. The molecule has 1 aromatic rings. The van der Waals surface area contributed by atoms with E-state index >= 15 is 0 Å². The van der Waals surface area contributed by atoms with Gasteiger partial charge >= 0.3 is 0 Å². The van der Waals surface area contributed by atoms with Crippen molar-refractivity contribution >= 4 is 10.0 Å². The van der Waals surface area contributed by atoms with Crippen molar-refractivity contribution in [2.45, 2.75) is 50.5 Å². The van der Waals surface area contributed by atoms with Gasteiger partial charge in [0.25, 0.3) is 0 Å². The molecule has 2 N–H and O–H groups in total. The molecule has 1 fully saturated rings. The van der Waals surface area contributed by atoms with Gasteiger partial charge in [0, 0.05) is 12.6 Å². The van der Waals surface area contributed by atoms with E-state index in [2.05, 4.69) is 0 Å². The van der Waals surface area contributed by atoms with Gasteiger partial charge in [0.15, 0.2) is 0 Å². The number of hydrogen-bond acceptors (Lipinski definition) is 3. The Morgan fingerprint density at radius 3 is 2.75 bits per heavy atom. The second-order valence-electron chi connectivity index (χ2n) is 5.61. The number of rotatable bonds is 4. The summed E-state index contributed by atoms with van der Waals surface area (Å²) < 4.78 is 27.5. The predicted octanol–water partition coefficient (Wildman–Crippen LogP) is 2.20. The van der Waals surface area contributed by atoms with Crippen LogP contribution in [-0.2, 0) is 10.0 Å². The number of aryl methyl sites for hydroxylation is 2. The number of piperidine rings is 1. The van der Waals surface area contributed by atoms with E-state index in [1.807, 2.05) is 26.0 Å². The lowest BCUT2D eigenvalue weighted by molar-refractivity contribution is 0.243. The van der Waals surface area contributed by atoms with Gasteiger partial charge in [-0.15, -0.1) is 0 Å². The summed E-state index contributed by atoms with van der Waals surface area (Å²) in [6, 6.07) is 5.66. The van der Waals surface area contributed by atoms with Gasteiger partial charge in [-0.05, 0) is 56.8 Å². The average molecular weight is 296 g/mol. The number of benzene rings is 1. The van der Waals surface area contributed by atoms with Crippen LogP contribution in [0.5, 0.6) is 0 Å². The Bertz CT molecular complexity index is 567. The molecule has 1 unspecified atom stereocenters. The van der Waals surface area contributed by atoms with Crippen molar-refractivity contribution in [2.75, 3.05) is 13.1 Å². The lowest BCUT2D eigenvalue weighted by atomic mass is 10.0. The van der Waals surface area contributed by atoms with Crippen molar-refractivity contribution in [3.05, 3.63) is 29.3 Å². The predicted molar refractivity (Wildman–Crippen MR) is 81.1 cm³/mol. The maximum atomic E-state index is 12.9. The third kappa shape index (κ3) is 3.05. The minimum Gasteiger partial charge on any atom is -0.330 e. The number of hydrogen-bond donors (Lipinski definition) is 1. The molecule has 0 saturated carbocycles. The van der Waals surface area contributed by atoms with Gasteiger partial charge in [-0.2, -0.15) is 4.31 Å². The van der Waals surface area contributed by atoms with Gasteiger partial charge < -0.3 is 5.73 Å². The summed E-state index contributed by atoms with van der Waals surface area (Å²) in [4.78, 5) is 0.446. The molecule has 2 rings (SSSR count). The van der Waals surface area contributed by atoms with Crippen LogP contribution < -0.4 is 5.73 Å². The van der Waals surface area contributed by atoms with E-state index < -0.39 is 10.0 Å². The van der Waals surface area contributed by atoms with Crippen molar-refractivity contribution < 1.29 is 8.42 Å². The quantitative estimate of drug-likeness (QED) is 0.926. The molecule has 5 heteroatoms. The maximum Gasteiger partial charge on any atom is 0.243 e. The first-order valence-electron chi connectivity index (χ1n) is 7.26. The van der Waals surface area contributed by atoms with Crippen molar-refractivity contribution in [3.63, 3.8) is 0 Å². The maximum absolute atomic E-state index is 12.9. The molecule has 0 radical (unpaired) electrons. The van der Waals surface area contributed by atoms with E-state index in [-0.39, 0.29) is 6.04 Å². The molecule has 0 amide bonds. The first kappa shape index (κ1) is 15.5. The largest absolute Gasteiger partial charge is 0.330 e. The Labute approximate surface area is 122 Å². The van der Waals surface area contributed by atoms with Gasteiger partial charge in [-0.25, -0.2) is 8.42 Å². The van der Waals surface area contributed by atoms with Crippen LogP contribution in [0.25, 0.3) is 0 Å². The molecular weight excluding hydrogens is 272 g/mol. The highest BCUT2D eigenvalue weighted by atomic mass is 32.2. The summed E-state index contributed by atoms with van der Waals surface area (Å²) in [5.74, 6) is 0. The molecule has 0 bridgehead atoms. The summed E-state index contributed by atoms with van der Waals surface area (Å²) in [5, 5.41) is 0. The van der Waals surface area contributed by atoms with E-state index in [1.54, 1.807) is 10.4 Å². The van der Waals surface area contributed by atoms with Gasteiger partial charge in [0.2, 0.25) is 10.0 Å². The minimum atomic E-state index is -3.41. The van der Waals surface area contributed by atoms with Gasteiger partial charge in [0.1, 0.15) is 0 Å². The third-order valence-corrected chi connectivity index (χ3v) is 6.10. The topological polar surface area (TPSA) is 63.4 Å². The lowest BCUT2D eigenvalue weighted by Gasteiger charge is -2.35. The van der Waals surface area contributed by atoms with Gasteiger partial charge in [-0.1, -0.05) is 18.6 Å². The molecule has 1 aliphatic rings. The second-order valence-corrected chi connectivity index (χ2v) is 7.47. The van der Waals surface area contributed by atoms with Crippen LogP contribution in [0.1, 0.15) is 36.8 Å². The molecule has 1 heterocycles. The van der Waals surface area contributed by atoms with E-state index in [0.29, 0.717) is 18.0 Å². The monoisotopic (exact) mass is 296 g/mol. The summed E-state index contributed by atoms with van der Waals surface area (Å²) in [6.07, 6.45) is 3.68. The molecule has 0 aromatic heterocycles. The SMILES string of the molecule is Cc1ccc(C)c(S(=O)(=O)N2CCCCC2CCN)c1. The van der Waals surface area contributed by atoms with Gasteiger partial charge in [-0.3, -0.25) is 0 Å². The van der Waals surface area contributed by atoms with Crippen molar-refractivity contribution in [1.29, 1.82) is 0 Å². The Hall–Kier alpha value is -0.910. The van der Waals surface area contributed by atoms with Crippen LogP contribution in [0.2, 0.25) is 0 Å². The first-order valence-corrected chi connectivity index (χ1v) is 8.70. The second kappa shape index (κ2) is 6.24. The van der Waals surface area contributed by atoms with Crippen LogP contribution in [0.15, 0.2) is 23.1 Å².